The van der Waals surface area contributed by atoms with E-state index >= 15 is 0 Å². The minimum absolute atomic E-state index is 0.140. The normalized spacial score (nSPS) is 19.7. The predicted octanol–water partition coefficient (Wildman–Crippen LogP) is 4.90. The molecule has 2 atom stereocenters. The lowest BCUT2D eigenvalue weighted by atomic mass is 9.71. The summed E-state index contributed by atoms with van der Waals surface area (Å²) in [7, 11) is 0. The van der Waals surface area contributed by atoms with Crippen molar-refractivity contribution in [3.05, 3.63) is 72.2 Å². The van der Waals surface area contributed by atoms with Crippen LogP contribution in [0.25, 0.3) is 28.0 Å². The molecule has 0 aliphatic heterocycles. The van der Waals surface area contributed by atoms with E-state index in [-0.39, 0.29) is 23.3 Å². The molecule has 0 spiro atoms. The largest absolute Gasteiger partial charge is 0.598 e. The fourth-order valence-corrected chi connectivity index (χ4v) is 5.59. The third-order valence-electron chi connectivity index (χ3n) is 6.84. The van der Waals surface area contributed by atoms with Gasteiger partial charge in [-0.25, -0.2) is 9.67 Å². The highest BCUT2D eigenvalue weighted by Gasteiger charge is 2.40. The molecule has 0 bridgehead atoms. The average Bonchev–Trinajstić information content (AvgIpc) is 3.25. The molecule has 3 heterocycles. The molecule has 0 unspecified atom stereocenters. The minimum Gasteiger partial charge on any atom is -0.598 e. The number of benzene rings is 1. The zero-order valence-electron chi connectivity index (χ0n) is 21.2. The monoisotopic (exact) mass is 503 g/mol. The van der Waals surface area contributed by atoms with Crippen LogP contribution in [0.4, 0.5) is 0 Å². The molecule has 1 fully saturated rings. The van der Waals surface area contributed by atoms with Crippen LogP contribution >= 0.6 is 0 Å². The van der Waals surface area contributed by atoms with Crippen molar-refractivity contribution in [2.24, 2.45) is 11.8 Å². The van der Waals surface area contributed by atoms with Gasteiger partial charge in [-0.2, -0.15) is 5.10 Å². The SMILES string of the molecule is Cc1cccc(-n2ncc3ccc(-c4cccc([C@H](N[S@+]([O-])C(C)(C)C)C5CC(CO)C5)n4)cc32)n1. The second-order valence-corrected chi connectivity index (χ2v) is 12.7. The smallest absolute Gasteiger partial charge is 0.154 e. The maximum atomic E-state index is 13.0. The molecule has 5 rings (SSSR count). The highest BCUT2D eigenvalue weighted by Crippen LogP contribution is 2.42. The topological polar surface area (TPSA) is 98.9 Å². The van der Waals surface area contributed by atoms with Crippen molar-refractivity contribution in [3.63, 3.8) is 0 Å². The lowest BCUT2D eigenvalue weighted by Gasteiger charge is -2.40. The van der Waals surface area contributed by atoms with E-state index in [1.54, 1.807) is 0 Å². The molecule has 0 amide bonds. The fourth-order valence-electron chi connectivity index (χ4n) is 4.69. The molecule has 0 radical (unpaired) electrons. The van der Waals surface area contributed by atoms with Crippen LogP contribution in [-0.4, -0.2) is 40.8 Å². The summed E-state index contributed by atoms with van der Waals surface area (Å²) < 4.78 is 17.9. The number of nitrogens with zero attached hydrogens (tertiary/aromatic N) is 4. The van der Waals surface area contributed by atoms with Gasteiger partial charge in [0.15, 0.2) is 5.82 Å². The molecular weight excluding hydrogens is 470 g/mol. The molecule has 8 heteroatoms. The van der Waals surface area contributed by atoms with Crippen LogP contribution in [0.15, 0.2) is 60.8 Å². The van der Waals surface area contributed by atoms with Crippen LogP contribution in [0.5, 0.6) is 0 Å². The standard InChI is InChI=1S/C28H33N5O2S/c1-18-7-5-10-26(30-18)33-25-15-20(11-12-21(25)16-29-33)23-8-6-9-24(31-23)27(22-13-19(14-22)17-34)32-36(35)28(2,3)4/h5-12,15-16,19,22,27,32,34H,13-14,17H2,1-4H3/t19?,22?,27-,36-/m1/s1. The van der Waals surface area contributed by atoms with Crippen molar-refractivity contribution in [1.29, 1.82) is 0 Å². The summed E-state index contributed by atoms with van der Waals surface area (Å²) in [6, 6.07) is 18.0. The quantitative estimate of drug-likeness (QED) is 0.348. The number of aromatic nitrogens is 4. The lowest BCUT2D eigenvalue weighted by Crippen LogP contribution is -2.46. The van der Waals surface area contributed by atoms with Crippen molar-refractivity contribution in [2.75, 3.05) is 6.61 Å². The lowest BCUT2D eigenvalue weighted by molar-refractivity contribution is 0.0866. The maximum Gasteiger partial charge on any atom is 0.154 e. The van der Waals surface area contributed by atoms with E-state index in [9.17, 15) is 9.66 Å². The van der Waals surface area contributed by atoms with Gasteiger partial charge >= 0.3 is 0 Å². The van der Waals surface area contributed by atoms with E-state index in [4.69, 9.17) is 4.98 Å². The van der Waals surface area contributed by atoms with E-state index in [1.807, 2.05) is 75.0 Å². The Morgan fingerprint density at radius 3 is 2.61 bits per heavy atom. The molecule has 3 aromatic heterocycles. The van der Waals surface area contributed by atoms with Crippen molar-refractivity contribution in [1.82, 2.24) is 24.5 Å². The summed E-state index contributed by atoms with van der Waals surface area (Å²) in [5.74, 6) is 1.37. The molecule has 4 aromatic rings. The Balaban J connectivity index is 1.49. The summed E-state index contributed by atoms with van der Waals surface area (Å²) in [5.41, 5.74) is 4.61. The first-order valence-corrected chi connectivity index (χ1v) is 13.6. The van der Waals surface area contributed by atoms with Crippen LogP contribution in [0.3, 0.4) is 0 Å². The number of hydrogen-bond donors (Lipinski definition) is 2. The molecule has 188 valence electrons. The summed E-state index contributed by atoms with van der Waals surface area (Å²) in [6.45, 7) is 8.07. The van der Waals surface area contributed by atoms with Gasteiger partial charge in [0.1, 0.15) is 4.75 Å². The molecule has 1 aromatic carbocycles. The third kappa shape index (κ3) is 5.04. The zero-order valence-corrected chi connectivity index (χ0v) is 22.0. The van der Waals surface area contributed by atoms with Crippen LogP contribution in [0.1, 0.15) is 51.0 Å². The Morgan fingerprint density at radius 2 is 1.89 bits per heavy atom. The van der Waals surface area contributed by atoms with E-state index in [0.29, 0.717) is 5.92 Å². The van der Waals surface area contributed by atoms with Gasteiger partial charge in [-0.1, -0.05) is 24.3 Å². The van der Waals surface area contributed by atoms with Crippen LogP contribution in [0.2, 0.25) is 0 Å². The van der Waals surface area contributed by atoms with Crippen LogP contribution in [0, 0.1) is 18.8 Å². The molecule has 0 saturated heterocycles. The fraction of sp³-hybridized carbons (Fsp3) is 0.393. The van der Waals surface area contributed by atoms with Gasteiger partial charge in [0.05, 0.1) is 29.1 Å². The summed E-state index contributed by atoms with van der Waals surface area (Å²) in [5, 5.41) is 15.1. The van der Waals surface area contributed by atoms with Crippen molar-refractivity contribution >= 4 is 22.3 Å². The minimum atomic E-state index is -1.23. The van der Waals surface area contributed by atoms with Gasteiger partial charge in [-0.15, -0.1) is 4.72 Å². The Labute approximate surface area is 215 Å². The first kappa shape index (κ1) is 24.9. The maximum absolute atomic E-state index is 13.0. The Bertz CT molecular complexity index is 1360. The molecule has 1 saturated carbocycles. The molecule has 2 N–H and O–H groups in total. The highest BCUT2D eigenvalue weighted by atomic mass is 32.2. The predicted molar refractivity (Wildman–Crippen MR) is 144 cm³/mol. The first-order valence-electron chi connectivity index (χ1n) is 12.4. The summed E-state index contributed by atoms with van der Waals surface area (Å²) in [4.78, 5) is 9.67. The van der Waals surface area contributed by atoms with Crippen molar-refractivity contribution < 1.29 is 9.66 Å². The van der Waals surface area contributed by atoms with E-state index < -0.39 is 11.4 Å². The number of pyridine rings is 2. The third-order valence-corrected chi connectivity index (χ3v) is 8.42. The van der Waals surface area contributed by atoms with Gasteiger partial charge in [0.25, 0.3) is 0 Å². The van der Waals surface area contributed by atoms with Crippen molar-refractivity contribution in [2.45, 2.75) is 51.3 Å². The number of aryl methyl sites for hydroxylation is 1. The van der Waals surface area contributed by atoms with Crippen molar-refractivity contribution in [3.8, 4) is 17.1 Å². The second kappa shape index (κ2) is 9.94. The van der Waals surface area contributed by atoms with Gasteiger partial charge in [-0.05, 0) is 82.7 Å². The van der Waals surface area contributed by atoms with Crippen LogP contribution < -0.4 is 4.72 Å². The van der Waals surface area contributed by atoms with Gasteiger partial charge in [0, 0.05) is 34.6 Å². The Hall–Kier alpha value is -2.78. The Morgan fingerprint density at radius 1 is 1.11 bits per heavy atom. The summed E-state index contributed by atoms with van der Waals surface area (Å²) in [6.07, 6.45) is 3.65. The number of aliphatic hydroxyl groups excluding tert-OH is 1. The van der Waals surface area contributed by atoms with E-state index in [2.05, 4.69) is 33.0 Å². The van der Waals surface area contributed by atoms with Gasteiger partial charge < -0.3 is 9.66 Å². The summed E-state index contributed by atoms with van der Waals surface area (Å²) >= 11 is -1.23. The number of hydrogen-bond acceptors (Lipinski definition) is 6. The number of nitrogens with one attached hydrogen (secondary N) is 1. The number of aliphatic hydroxyl groups is 1. The molecule has 7 nitrogen and oxygen atoms in total. The molecule has 1 aliphatic carbocycles. The van der Waals surface area contributed by atoms with Crippen LogP contribution in [-0.2, 0) is 11.4 Å². The van der Waals surface area contributed by atoms with E-state index in [1.165, 1.54) is 0 Å². The first-order chi connectivity index (χ1) is 17.2. The molecule has 36 heavy (non-hydrogen) atoms. The molecule has 1 aliphatic rings. The second-order valence-electron chi connectivity index (χ2n) is 10.7. The van der Waals surface area contributed by atoms with E-state index in [0.717, 1.165) is 52.2 Å². The van der Waals surface area contributed by atoms with Gasteiger partial charge in [-0.3, -0.25) is 4.98 Å². The zero-order chi connectivity index (χ0) is 25.4. The highest BCUT2D eigenvalue weighted by molar-refractivity contribution is 7.90. The van der Waals surface area contributed by atoms with Gasteiger partial charge in [0.2, 0.25) is 0 Å². The average molecular weight is 504 g/mol. The number of fused-ring (bicyclic) bond motifs is 1. The Kier molecular flexibility index (Phi) is 6.87. The number of rotatable bonds is 7. The molecular formula is C28H33N5O2S.